The van der Waals surface area contributed by atoms with E-state index in [1.165, 1.54) is 0 Å². The molecule has 126 valence electrons. The van der Waals surface area contributed by atoms with Gasteiger partial charge in [-0.05, 0) is 42.0 Å². The van der Waals surface area contributed by atoms with Crippen molar-refractivity contribution in [3.63, 3.8) is 0 Å². The first-order chi connectivity index (χ1) is 12.2. The van der Waals surface area contributed by atoms with Gasteiger partial charge in [0.1, 0.15) is 22.8 Å². The summed E-state index contributed by atoms with van der Waals surface area (Å²) >= 11 is 0. The monoisotopic (exact) mass is 335 g/mol. The van der Waals surface area contributed by atoms with Crippen LogP contribution in [-0.4, -0.2) is 22.7 Å². The molecule has 0 saturated heterocycles. The largest absolute Gasteiger partial charge is 0.492 e. The number of hydrogen-bond acceptors (Lipinski definition) is 4. The molecule has 5 nitrogen and oxygen atoms in total. The van der Waals surface area contributed by atoms with Crippen LogP contribution < -0.4 is 9.47 Å². The van der Waals surface area contributed by atoms with Gasteiger partial charge in [0, 0.05) is 12.6 Å². The molecule has 0 aliphatic heterocycles. The van der Waals surface area contributed by atoms with Crippen molar-refractivity contribution in [1.29, 1.82) is 0 Å². The van der Waals surface area contributed by atoms with Gasteiger partial charge in [0.2, 0.25) is 0 Å². The van der Waals surface area contributed by atoms with E-state index in [0.29, 0.717) is 30.3 Å². The highest BCUT2D eigenvalue weighted by molar-refractivity contribution is 5.91. The molecule has 5 heteroatoms. The highest BCUT2D eigenvalue weighted by Gasteiger charge is 2.13. The molecule has 1 N–H and O–H groups in total. The molecule has 3 rings (SSSR count). The number of carboxylic acids is 1. The second kappa shape index (κ2) is 7.97. The number of aromatic nitrogens is 1. The van der Waals surface area contributed by atoms with E-state index in [9.17, 15) is 9.90 Å². The molecule has 0 amide bonds. The van der Waals surface area contributed by atoms with E-state index in [0.717, 1.165) is 5.56 Å². The number of benzene rings is 2. The van der Waals surface area contributed by atoms with Crippen molar-refractivity contribution in [2.45, 2.75) is 6.42 Å². The number of hydrogen-bond donors (Lipinski definition) is 1. The second-order valence-corrected chi connectivity index (χ2v) is 5.34. The third-order valence-electron chi connectivity index (χ3n) is 3.54. The molecule has 1 aromatic heterocycles. The van der Waals surface area contributed by atoms with Crippen molar-refractivity contribution >= 4 is 5.97 Å². The Bertz CT molecular complexity index is 835. The summed E-state index contributed by atoms with van der Waals surface area (Å²) in [4.78, 5) is 15.4. The average Bonchev–Trinajstić information content (AvgIpc) is 2.63. The maximum absolute atomic E-state index is 11.4. The molecule has 0 fully saturated rings. The molecule has 0 atom stereocenters. The number of nitrogens with zero attached hydrogens (tertiary/aromatic N) is 1. The summed E-state index contributed by atoms with van der Waals surface area (Å²) in [6.45, 7) is 0.461. The summed E-state index contributed by atoms with van der Waals surface area (Å²) in [6, 6.07) is 17.8. The van der Waals surface area contributed by atoms with Crippen molar-refractivity contribution in [3.8, 4) is 17.2 Å². The molecule has 1 heterocycles. The minimum Gasteiger partial charge on any atom is -0.492 e. The predicted octanol–water partition coefficient (Wildman–Crippen LogP) is 4.19. The van der Waals surface area contributed by atoms with Crippen molar-refractivity contribution in [3.05, 3.63) is 84.2 Å². The van der Waals surface area contributed by atoms with Gasteiger partial charge in [-0.2, -0.15) is 0 Å². The van der Waals surface area contributed by atoms with Gasteiger partial charge >= 0.3 is 5.97 Å². The van der Waals surface area contributed by atoms with Gasteiger partial charge in [0.25, 0.3) is 0 Å². The van der Waals surface area contributed by atoms with Crippen molar-refractivity contribution < 1.29 is 19.4 Å². The maximum Gasteiger partial charge on any atom is 0.339 e. The number of carbonyl (C=O) groups is 1. The van der Waals surface area contributed by atoms with Gasteiger partial charge in [-0.25, -0.2) is 4.79 Å². The molecule has 0 unspecified atom stereocenters. The molecule has 3 aromatic rings. The molecule has 0 radical (unpaired) electrons. The number of para-hydroxylation sites is 1. The van der Waals surface area contributed by atoms with Crippen LogP contribution in [0.1, 0.15) is 15.9 Å². The molecule has 25 heavy (non-hydrogen) atoms. The molecular formula is C20H17NO4. The van der Waals surface area contributed by atoms with Crippen LogP contribution in [0, 0.1) is 0 Å². The van der Waals surface area contributed by atoms with Gasteiger partial charge in [-0.15, -0.1) is 0 Å². The van der Waals surface area contributed by atoms with Crippen molar-refractivity contribution in [1.82, 2.24) is 4.98 Å². The third kappa shape index (κ3) is 4.57. The van der Waals surface area contributed by atoms with Crippen molar-refractivity contribution in [2.75, 3.05) is 6.61 Å². The Morgan fingerprint density at radius 2 is 1.80 bits per heavy atom. The Morgan fingerprint density at radius 1 is 1.00 bits per heavy atom. The smallest absolute Gasteiger partial charge is 0.339 e. The van der Waals surface area contributed by atoms with Crippen LogP contribution in [-0.2, 0) is 6.42 Å². The fourth-order valence-corrected chi connectivity index (χ4v) is 2.32. The molecular weight excluding hydrogens is 318 g/mol. The van der Waals surface area contributed by atoms with Crippen LogP contribution in [0.5, 0.6) is 17.2 Å². The van der Waals surface area contributed by atoms with Crippen LogP contribution in [0.4, 0.5) is 0 Å². The van der Waals surface area contributed by atoms with Crippen LogP contribution in [0.25, 0.3) is 0 Å². The summed E-state index contributed by atoms with van der Waals surface area (Å²) in [5.41, 5.74) is 1.06. The van der Waals surface area contributed by atoms with E-state index in [-0.39, 0.29) is 5.56 Å². The lowest BCUT2D eigenvalue weighted by Crippen LogP contribution is -2.04. The summed E-state index contributed by atoms with van der Waals surface area (Å²) in [7, 11) is 0. The highest BCUT2D eigenvalue weighted by atomic mass is 16.5. The Morgan fingerprint density at radius 3 is 2.52 bits per heavy atom. The minimum absolute atomic E-state index is 0.126. The molecule has 0 aliphatic rings. The zero-order chi connectivity index (χ0) is 17.5. The van der Waals surface area contributed by atoms with Gasteiger partial charge in [-0.3, -0.25) is 4.98 Å². The zero-order valence-electron chi connectivity index (χ0n) is 13.5. The van der Waals surface area contributed by atoms with Gasteiger partial charge in [0.15, 0.2) is 0 Å². The average molecular weight is 335 g/mol. The topological polar surface area (TPSA) is 68.7 Å². The number of pyridine rings is 1. The summed E-state index contributed by atoms with van der Waals surface area (Å²) in [6.07, 6.45) is 3.96. The van der Waals surface area contributed by atoms with Gasteiger partial charge < -0.3 is 14.6 Å². The number of ether oxygens (including phenoxy) is 2. The summed E-state index contributed by atoms with van der Waals surface area (Å²) in [5.74, 6) is 0.584. The first-order valence-electron chi connectivity index (χ1n) is 7.84. The number of carboxylic acid groups (broad SMARTS) is 1. The Labute approximate surface area is 145 Å². The number of rotatable bonds is 7. The van der Waals surface area contributed by atoms with Crippen molar-refractivity contribution in [2.24, 2.45) is 0 Å². The first-order valence-corrected chi connectivity index (χ1v) is 7.84. The molecule has 2 aromatic carbocycles. The summed E-state index contributed by atoms with van der Waals surface area (Å²) < 4.78 is 11.4. The van der Waals surface area contributed by atoms with Gasteiger partial charge in [-0.1, -0.05) is 24.3 Å². The lowest BCUT2D eigenvalue weighted by atomic mass is 10.1. The standard InChI is InChI=1S/C20H17NO4/c22-20(23)18-9-8-15(10-12-24-17-7-4-11-21-14-17)13-19(18)25-16-5-2-1-3-6-16/h1-9,11,13-14H,10,12H2,(H,22,23). The Balaban J connectivity index is 1.72. The first kappa shape index (κ1) is 16.5. The van der Waals surface area contributed by atoms with E-state index in [4.69, 9.17) is 9.47 Å². The van der Waals surface area contributed by atoms with Crippen LogP contribution in [0.15, 0.2) is 73.1 Å². The van der Waals surface area contributed by atoms with E-state index < -0.39 is 5.97 Å². The zero-order valence-corrected chi connectivity index (χ0v) is 13.5. The molecule has 0 bridgehead atoms. The SMILES string of the molecule is O=C(O)c1ccc(CCOc2cccnc2)cc1Oc1ccccc1. The maximum atomic E-state index is 11.4. The molecule has 0 aliphatic carbocycles. The predicted molar refractivity (Wildman–Crippen MR) is 93.4 cm³/mol. The van der Waals surface area contributed by atoms with Gasteiger partial charge in [0.05, 0.1) is 12.8 Å². The normalized spacial score (nSPS) is 10.2. The minimum atomic E-state index is -1.02. The van der Waals surface area contributed by atoms with E-state index in [1.807, 2.05) is 30.3 Å². The highest BCUT2D eigenvalue weighted by Crippen LogP contribution is 2.27. The third-order valence-corrected chi connectivity index (χ3v) is 3.54. The van der Waals surface area contributed by atoms with E-state index in [1.54, 1.807) is 42.7 Å². The fraction of sp³-hybridized carbons (Fsp3) is 0.100. The fourth-order valence-electron chi connectivity index (χ4n) is 2.32. The summed E-state index contributed by atoms with van der Waals surface area (Å²) in [5, 5.41) is 9.35. The van der Waals surface area contributed by atoms with Crippen LogP contribution in [0.2, 0.25) is 0 Å². The quantitative estimate of drug-likeness (QED) is 0.701. The Kier molecular flexibility index (Phi) is 5.26. The van der Waals surface area contributed by atoms with E-state index >= 15 is 0 Å². The second-order valence-electron chi connectivity index (χ2n) is 5.34. The Hall–Kier alpha value is -3.34. The lowest BCUT2D eigenvalue weighted by Gasteiger charge is -2.11. The molecule has 0 spiro atoms. The molecule has 0 saturated carbocycles. The van der Waals surface area contributed by atoms with Crippen LogP contribution in [0.3, 0.4) is 0 Å². The van der Waals surface area contributed by atoms with Crippen LogP contribution >= 0.6 is 0 Å². The number of aromatic carboxylic acids is 1. The van der Waals surface area contributed by atoms with E-state index in [2.05, 4.69) is 4.98 Å². The lowest BCUT2D eigenvalue weighted by molar-refractivity contribution is 0.0694.